The molecule has 0 radical (unpaired) electrons. The first-order valence-electron chi connectivity index (χ1n) is 3.52. The third-order valence-electron chi connectivity index (χ3n) is 1.34. The number of carbonyl (C=O) groups excluding carboxylic acids is 1. The molecule has 0 saturated heterocycles. The Morgan fingerprint density at radius 3 is 1.81 bits per heavy atom. The number of esters is 1. The average molecular weight is 309 g/mol. The SMILES string of the molecule is CC(F)C(F)(F)C(F)(F)OC(=O)C(Cl)(Cl)Cl. The van der Waals surface area contributed by atoms with Gasteiger partial charge in [-0.25, -0.2) is 9.18 Å². The highest BCUT2D eigenvalue weighted by Crippen LogP contribution is 2.41. The summed E-state index contributed by atoms with van der Waals surface area (Å²) < 4.78 is 62.5. The minimum atomic E-state index is -5.41. The van der Waals surface area contributed by atoms with E-state index in [1.54, 1.807) is 0 Å². The Labute approximate surface area is 102 Å². The van der Waals surface area contributed by atoms with Crippen LogP contribution in [0, 0.1) is 0 Å². The van der Waals surface area contributed by atoms with E-state index in [0.29, 0.717) is 0 Å². The maximum absolute atomic E-state index is 12.6. The zero-order valence-electron chi connectivity index (χ0n) is 7.42. The van der Waals surface area contributed by atoms with Crippen molar-refractivity contribution in [3.8, 4) is 0 Å². The van der Waals surface area contributed by atoms with E-state index in [2.05, 4.69) is 4.74 Å². The lowest BCUT2D eigenvalue weighted by molar-refractivity contribution is -0.344. The van der Waals surface area contributed by atoms with Crippen molar-refractivity contribution in [2.75, 3.05) is 0 Å². The second kappa shape index (κ2) is 4.70. The fraction of sp³-hybridized carbons (Fsp3) is 0.833. The van der Waals surface area contributed by atoms with E-state index in [1.165, 1.54) is 0 Å². The van der Waals surface area contributed by atoms with Gasteiger partial charge in [0.05, 0.1) is 0 Å². The highest BCUT2D eigenvalue weighted by atomic mass is 35.6. The summed E-state index contributed by atoms with van der Waals surface area (Å²) in [6.45, 7) is 0.164. The molecule has 0 aliphatic carbocycles. The topological polar surface area (TPSA) is 26.3 Å². The van der Waals surface area contributed by atoms with Crippen molar-refractivity contribution in [1.82, 2.24) is 0 Å². The lowest BCUT2D eigenvalue weighted by Gasteiger charge is -2.27. The van der Waals surface area contributed by atoms with E-state index in [9.17, 15) is 26.7 Å². The first kappa shape index (κ1) is 16.0. The normalized spacial score (nSPS) is 15.8. The lowest BCUT2D eigenvalue weighted by atomic mass is 10.2. The molecule has 16 heavy (non-hydrogen) atoms. The molecule has 0 aromatic heterocycles. The number of carbonyl (C=O) groups is 1. The second-order valence-corrected chi connectivity index (χ2v) is 4.92. The Morgan fingerprint density at radius 2 is 1.56 bits per heavy atom. The molecule has 0 N–H and O–H groups in total. The number of ether oxygens (including phenoxy) is 1. The monoisotopic (exact) mass is 308 g/mol. The van der Waals surface area contributed by atoms with E-state index in [4.69, 9.17) is 34.8 Å². The largest absolute Gasteiger partial charge is 0.469 e. The maximum atomic E-state index is 12.6. The Hall–Kier alpha value is -0.0100. The lowest BCUT2D eigenvalue weighted by Crippen LogP contribution is -2.50. The van der Waals surface area contributed by atoms with Crippen molar-refractivity contribution in [2.45, 2.75) is 28.9 Å². The van der Waals surface area contributed by atoms with Crippen molar-refractivity contribution in [2.24, 2.45) is 0 Å². The molecule has 0 spiro atoms. The summed E-state index contributed by atoms with van der Waals surface area (Å²) in [6, 6.07) is 0. The number of rotatable bonds is 3. The van der Waals surface area contributed by atoms with Gasteiger partial charge >= 0.3 is 18.0 Å². The Morgan fingerprint density at radius 1 is 1.19 bits per heavy atom. The van der Waals surface area contributed by atoms with Crippen LogP contribution in [0.15, 0.2) is 0 Å². The molecule has 0 saturated carbocycles. The quantitative estimate of drug-likeness (QED) is 0.453. The number of halogens is 8. The molecular weight excluding hydrogens is 305 g/mol. The Bertz CT molecular complexity index is 276. The Balaban J connectivity index is 4.90. The molecule has 1 unspecified atom stereocenters. The van der Waals surface area contributed by atoms with Gasteiger partial charge in [0.1, 0.15) is 0 Å². The third kappa shape index (κ3) is 3.49. The number of hydrogen-bond acceptors (Lipinski definition) is 2. The highest BCUT2D eigenvalue weighted by molar-refractivity contribution is 6.75. The second-order valence-electron chi connectivity index (χ2n) is 2.64. The summed E-state index contributed by atoms with van der Waals surface area (Å²) in [7, 11) is 0. The van der Waals surface area contributed by atoms with Gasteiger partial charge in [0.2, 0.25) is 0 Å². The summed E-state index contributed by atoms with van der Waals surface area (Å²) in [5.41, 5.74) is 0. The average Bonchev–Trinajstić information content (AvgIpc) is 2.00. The van der Waals surface area contributed by atoms with E-state index in [0.717, 1.165) is 0 Å². The van der Waals surface area contributed by atoms with E-state index >= 15 is 0 Å². The molecule has 0 aromatic carbocycles. The molecule has 10 heteroatoms. The summed E-state index contributed by atoms with van der Waals surface area (Å²) in [6.07, 6.45) is -8.67. The molecule has 0 heterocycles. The first-order valence-corrected chi connectivity index (χ1v) is 4.65. The summed E-state index contributed by atoms with van der Waals surface area (Å²) in [5.74, 6) is -7.46. The summed E-state index contributed by atoms with van der Waals surface area (Å²) in [4.78, 5) is 10.6. The van der Waals surface area contributed by atoms with Crippen molar-refractivity contribution in [3.05, 3.63) is 0 Å². The van der Waals surface area contributed by atoms with Crippen molar-refractivity contribution >= 4 is 40.8 Å². The van der Waals surface area contributed by atoms with Gasteiger partial charge in [0.25, 0.3) is 3.79 Å². The smallest absolute Gasteiger partial charge is 0.393 e. The van der Waals surface area contributed by atoms with Gasteiger partial charge in [0, 0.05) is 0 Å². The van der Waals surface area contributed by atoms with Crippen LogP contribution in [-0.4, -0.2) is 28.0 Å². The molecule has 0 amide bonds. The van der Waals surface area contributed by atoms with Gasteiger partial charge in [0.15, 0.2) is 6.17 Å². The van der Waals surface area contributed by atoms with Crippen LogP contribution in [0.4, 0.5) is 22.0 Å². The standard InChI is InChI=1S/C6H4Cl3F5O2/c1-2(10)4(11,12)6(13,14)16-3(15)5(7,8)9/h2H,1H3. The maximum Gasteiger partial charge on any atom is 0.469 e. The summed E-state index contributed by atoms with van der Waals surface area (Å²) >= 11 is 14.4. The fourth-order valence-electron chi connectivity index (χ4n) is 0.474. The van der Waals surface area contributed by atoms with Crippen LogP contribution < -0.4 is 0 Å². The van der Waals surface area contributed by atoms with Crippen LogP contribution in [0.1, 0.15) is 6.92 Å². The molecule has 0 aliphatic heterocycles. The van der Waals surface area contributed by atoms with E-state index in [-0.39, 0.29) is 6.92 Å². The number of hydrogen-bond donors (Lipinski definition) is 0. The van der Waals surface area contributed by atoms with Crippen molar-refractivity contribution in [3.63, 3.8) is 0 Å². The van der Waals surface area contributed by atoms with Crippen LogP contribution in [0.5, 0.6) is 0 Å². The minimum absolute atomic E-state index is 0.164. The van der Waals surface area contributed by atoms with Crippen molar-refractivity contribution < 1.29 is 31.5 Å². The van der Waals surface area contributed by atoms with Gasteiger partial charge in [-0.05, 0) is 6.92 Å². The van der Waals surface area contributed by atoms with Crippen LogP contribution in [-0.2, 0) is 9.53 Å². The molecule has 0 aromatic rings. The molecular formula is C6H4Cl3F5O2. The predicted octanol–water partition coefficient (Wildman–Crippen LogP) is 3.49. The van der Waals surface area contributed by atoms with Gasteiger partial charge in [-0.3, -0.25) is 0 Å². The van der Waals surface area contributed by atoms with Crippen LogP contribution in [0.2, 0.25) is 0 Å². The zero-order valence-corrected chi connectivity index (χ0v) is 9.69. The number of alkyl halides is 8. The minimum Gasteiger partial charge on any atom is -0.393 e. The molecule has 0 fully saturated rings. The Kier molecular flexibility index (Phi) is 4.69. The summed E-state index contributed by atoms with van der Waals surface area (Å²) in [5, 5.41) is 0. The van der Waals surface area contributed by atoms with Crippen molar-refractivity contribution in [1.29, 1.82) is 0 Å². The zero-order chi connectivity index (χ0) is 13.4. The molecule has 96 valence electrons. The van der Waals surface area contributed by atoms with Gasteiger partial charge in [-0.2, -0.15) is 17.6 Å². The molecule has 0 bridgehead atoms. The van der Waals surface area contributed by atoms with Gasteiger partial charge < -0.3 is 4.74 Å². The predicted molar refractivity (Wildman–Crippen MR) is 46.8 cm³/mol. The van der Waals surface area contributed by atoms with Crippen LogP contribution in [0.3, 0.4) is 0 Å². The van der Waals surface area contributed by atoms with E-state index < -0.39 is 28.0 Å². The molecule has 2 nitrogen and oxygen atoms in total. The van der Waals surface area contributed by atoms with Crippen LogP contribution in [0.25, 0.3) is 0 Å². The van der Waals surface area contributed by atoms with Crippen LogP contribution >= 0.6 is 34.8 Å². The molecule has 0 aliphatic rings. The molecule has 0 rings (SSSR count). The molecule has 1 atom stereocenters. The van der Waals surface area contributed by atoms with Gasteiger partial charge in [-0.1, -0.05) is 34.8 Å². The van der Waals surface area contributed by atoms with Gasteiger partial charge in [-0.15, -0.1) is 0 Å². The first-order chi connectivity index (χ1) is 6.82. The fourth-order valence-corrected chi connectivity index (χ4v) is 0.590. The third-order valence-corrected chi connectivity index (χ3v) is 1.80. The highest BCUT2D eigenvalue weighted by Gasteiger charge is 2.65. The van der Waals surface area contributed by atoms with E-state index in [1.807, 2.05) is 0 Å².